The van der Waals surface area contributed by atoms with Crippen molar-refractivity contribution < 1.29 is 14.3 Å². The molecule has 0 bridgehead atoms. The summed E-state index contributed by atoms with van der Waals surface area (Å²) in [6.45, 7) is 4.70. The van der Waals surface area contributed by atoms with Gasteiger partial charge in [-0.25, -0.2) is 0 Å². The van der Waals surface area contributed by atoms with Crippen molar-refractivity contribution in [3.05, 3.63) is 58.3 Å². The number of ether oxygens (including phenoxy) is 1. The number of carbonyl (C=O) groups is 2. The Labute approximate surface area is 215 Å². The van der Waals surface area contributed by atoms with E-state index in [-0.39, 0.29) is 24.5 Å². The lowest BCUT2D eigenvalue weighted by Gasteiger charge is -2.29. The van der Waals surface area contributed by atoms with Gasteiger partial charge in [-0.1, -0.05) is 81.8 Å². The van der Waals surface area contributed by atoms with Crippen molar-refractivity contribution in [2.24, 2.45) is 0 Å². The van der Waals surface area contributed by atoms with Crippen molar-refractivity contribution in [2.45, 2.75) is 90.3 Å². The quantitative estimate of drug-likeness (QED) is 0.251. The summed E-state index contributed by atoms with van der Waals surface area (Å²) in [5.74, 6) is 0.0753. The highest BCUT2D eigenvalue weighted by Crippen LogP contribution is 2.18. The normalized spacial score (nSPS) is 15.3. The summed E-state index contributed by atoms with van der Waals surface area (Å²) in [7, 11) is 0. The Balaban J connectivity index is 1.60. The summed E-state index contributed by atoms with van der Waals surface area (Å²) in [5, 5.41) is 2.04. The zero-order chi connectivity index (χ0) is 24.7. The molecule has 2 aromatic rings. The molecule has 1 unspecified atom stereocenters. The molecule has 1 aromatic carbocycles. The van der Waals surface area contributed by atoms with E-state index < -0.39 is 0 Å². The molecule has 1 aliphatic heterocycles. The zero-order valence-electron chi connectivity index (χ0n) is 21.3. The number of thiophene rings is 1. The Hall–Kier alpha value is -2.18. The number of hydrogen-bond donors (Lipinski definition) is 0. The Bertz CT molecular complexity index is 850. The Kier molecular flexibility index (Phi) is 12.3. The van der Waals surface area contributed by atoms with Crippen LogP contribution >= 0.6 is 11.3 Å². The van der Waals surface area contributed by atoms with E-state index in [0.29, 0.717) is 26.1 Å². The number of benzene rings is 1. The minimum Gasteiger partial charge on any atom is -0.376 e. The smallest absolute Gasteiger partial charge is 0.242 e. The van der Waals surface area contributed by atoms with Crippen LogP contribution in [-0.4, -0.2) is 47.4 Å². The van der Waals surface area contributed by atoms with Gasteiger partial charge in [0.1, 0.15) is 0 Å². The van der Waals surface area contributed by atoms with Crippen LogP contribution in [0.2, 0.25) is 0 Å². The van der Waals surface area contributed by atoms with Gasteiger partial charge in [0.05, 0.1) is 19.2 Å². The van der Waals surface area contributed by atoms with E-state index >= 15 is 0 Å². The molecule has 2 heterocycles. The summed E-state index contributed by atoms with van der Waals surface area (Å²) < 4.78 is 5.82. The summed E-state index contributed by atoms with van der Waals surface area (Å²) in [6, 6.07) is 14.2. The van der Waals surface area contributed by atoms with Crippen LogP contribution in [0.25, 0.3) is 0 Å². The molecule has 0 spiro atoms. The molecule has 6 heteroatoms. The van der Waals surface area contributed by atoms with Crippen LogP contribution in [-0.2, 0) is 27.4 Å². The van der Waals surface area contributed by atoms with Gasteiger partial charge in [-0.05, 0) is 36.3 Å². The average Bonchev–Trinajstić information content (AvgIpc) is 3.58. The first kappa shape index (κ1) is 27.4. The molecule has 192 valence electrons. The van der Waals surface area contributed by atoms with Gasteiger partial charge < -0.3 is 14.5 Å². The van der Waals surface area contributed by atoms with Crippen LogP contribution in [0.1, 0.15) is 81.6 Å². The second kappa shape index (κ2) is 15.7. The number of hydrogen-bond acceptors (Lipinski definition) is 4. The highest BCUT2D eigenvalue weighted by Gasteiger charge is 2.26. The first-order valence-corrected chi connectivity index (χ1v) is 14.3. The number of carbonyl (C=O) groups excluding carboxylic acids is 2. The van der Waals surface area contributed by atoms with E-state index in [4.69, 9.17) is 4.74 Å². The fraction of sp³-hybridized carbons (Fsp3) is 0.586. The van der Waals surface area contributed by atoms with Crippen LogP contribution in [0.4, 0.5) is 0 Å². The fourth-order valence-electron chi connectivity index (χ4n) is 4.57. The molecule has 5 nitrogen and oxygen atoms in total. The Morgan fingerprint density at radius 2 is 1.69 bits per heavy atom. The van der Waals surface area contributed by atoms with Crippen molar-refractivity contribution >= 4 is 23.2 Å². The lowest BCUT2D eigenvalue weighted by Crippen LogP contribution is -2.45. The maximum atomic E-state index is 13.5. The second-order valence-corrected chi connectivity index (χ2v) is 10.6. The fourth-order valence-corrected chi connectivity index (χ4v) is 5.29. The molecule has 0 saturated carbocycles. The van der Waals surface area contributed by atoms with Crippen LogP contribution in [0.15, 0.2) is 47.8 Å². The summed E-state index contributed by atoms with van der Waals surface area (Å²) in [4.78, 5) is 31.5. The minimum atomic E-state index is -0.00633. The summed E-state index contributed by atoms with van der Waals surface area (Å²) >= 11 is 1.66. The Morgan fingerprint density at radius 1 is 0.914 bits per heavy atom. The molecule has 35 heavy (non-hydrogen) atoms. The zero-order valence-corrected chi connectivity index (χ0v) is 22.1. The topological polar surface area (TPSA) is 49.9 Å². The SMILES string of the molecule is CCCCCCCCCC(=O)N(CC(=O)N(Cc1ccccc1)Cc1cccs1)CC1CCCO1. The molecule has 0 radical (unpaired) electrons. The third-order valence-electron chi connectivity index (χ3n) is 6.62. The molecule has 1 fully saturated rings. The first-order chi connectivity index (χ1) is 17.2. The maximum absolute atomic E-state index is 13.5. The van der Waals surface area contributed by atoms with Crippen molar-refractivity contribution in [1.82, 2.24) is 9.80 Å². The molecule has 1 atom stereocenters. The highest BCUT2D eigenvalue weighted by atomic mass is 32.1. The molecular weight excluding hydrogens is 456 g/mol. The van der Waals surface area contributed by atoms with Crippen molar-refractivity contribution in [3.8, 4) is 0 Å². The van der Waals surface area contributed by atoms with Crippen LogP contribution in [0.5, 0.6) is 0 Å². The third kappa shape index (κ3) is 10.1. The lowest BCUT2D eigenvalue weighted by molar-refractivity contribution is -0.142. The van der Waals surface area contributed by atoms with Gasteiger partial charge in [-0.15, -0.1) is 11.3 Å². The summed E-state index contributed by atoms with van der Waals surface area (Å²) in [6.07, 6.45) is 10.8. The number of rotatable bonds is 16. The average molecular weight is 499 g/mol. The van der Waals surface area contributed by atoms with Crippen LogP contribution in [0, 0.1) is 0 Å². The van der Waals surface area contributed by atoms with Gasteiger partial charge in [0, 0.05) is 31.0 Å². The molecule has 1 saturated heterocycles. The van der Waals surface area contributed by atoms with Crippen molar-refractivity contribution in [3.63, 3.8) is 0 Å². The van der Waals surface area contributed by atoms with Gasteiger partial charge in [0.25, 0.3) is 0 Å². The number of nitrogens with zero attached hydrogens (tertiary/aromatic N) is 2. The first-order valence-electron chi connectivity index (χ1n) is 13.4. The lowest BCUT2D eigenvalue weighted by atomic mass is 10.1. The molecule has 1 aromatic heterocycles. The monoisotopic (exact) mass is 498 g/mol. The molecular formula is C29H42N2O3S. The molecule has 0 N–H and O–H groups in total. The van der Waals surface area contributed by atoms with E-state index in [1.165, 1.54) is 32.1 Å². The molecule has 3 rings (SSSR count). The largest absolute Gasteiger partial charge is 0.376 e. The maximum Gasteiger partial charge on any atom is 0.242 e. The van der Waals surface area contributed by atoms with Gasteiger partial charge >= 0.3 is 0 Å². The van der Waals surface area contributed by atoms with Gasteiger partial charge in [-0.3, -0.25) is 9.59 Å². The minimum absolute atomic E-state index is 0.00633. The van der Waals surface area contributed by atoms with E-state index in [1.54, 1.807) is 16.2 Å². The third-order valence-corrected chi connectivity index (χ3v) is 7.48. The van der Waals surface area contributed by atoms with E-state index in [0.717, 1.165) is 42.7 Å². The van der Waals surface area contributed by atoms with Gasteiger partial charge in [-0.2, -0.15) is 0 Å². The van der Waals surface area contributed by atoms with E-state index in [2.05, 4.69) is 13.0 Å². The van der Waals surface area contributed by atoms with Crippen LogP contribution < -0.4 is 0 Å². The van der Waals surface area contributed by atoms with Gasteiger partial charge in [0.15, 0.2) is 0 Å². The van der Waals surface area contributed by atoms with E-state index in [9.17, 15) is 9.59 Å². The summed E-state index contributed by atoms with van der Waals surface area (Å²) in [5.41, 5.74) is 1.09. The predicted octanol–water partition coefficient (Wildman–Crippen LogP) is 6.43. The number of unbranched alkanes of at least 4 members (excludes halogenated alkanes) is 6. The molecule has 2 amide bonds. The van der Waals surface area contributed by atoms with Crippen LogP contribution in [0.3, 0.4) is 0 Å². The second-order valence-electron chi connectivity index (χ2n) is 9.60. The predicted molar refractivity (Wildman–Crippen MR) is 143 cm³/mol. The molecule has 0 aliphatic carbocycles. The number of amides is 2. The standard InChI is InChI=1S/C29H42N2O3S/c1-2-3-4-5-6-7-11-18-28(32)31(22-26-16-12-19-34-26)24-29(33)30(23-27-17-13-20-35-27)21-25-14-9-8-10-15-25/h8-10,13-15,17,20,26H,2-7,11-12,16,18-19,21-24H2,1H3. The van der Waals surface area contributed by atoms with E-state index in [1.807, 2.05) is 46.7 Å². The Morgan fingerprint density at radius 3 is 2.37 bits per heavy atom. The van der Waals surface area contributed by atoms with Crippen molar-refractivity contribution in [1.29, 1.82) is 0 Å². The molecule has 1 aliphatic rings. The highest BCUT2D eigenvalue weighted by molar-refractivity contribution is 7.09. The van der Waals surface area contributed by atoms with Gasteiger partial charge in [0.2, 0.25) is 11.8 Å². The van der Waals surface area contributed by atoms with Crippen molar-refractivity contribution in [2.75, 3.05) is 19.7 Å².